The molecule has 0 aromatic heterocycles. The van der Waals surface area contributed by atoms with Gasteiger partial charge < -0.3 is 24.6 Å². The minimum Gasteiger partial charge on any atom is -0.486 e. The summed E-state index contributed by atoms with van der Waals surface area (Å²) in [4.78, 5) is 44.9. The van der Waals surface area contributed by atoms with E-state index in [1.54, 1.807) is 18.2 Å². The number of ether oxygens (including phenoxy) is 2. The quantitative estimate of drug-likeness (QED) is 0.568. The van der Waals surface area contributed by atoms with Crippen molar-refractivity contribution in [3.63, 3.8) is 0 Å². The number of likely N-dealkylation sites (N-methyl/N-ethyl adjacent to an activating group) is 1. The highest BCUT2D eigenvalue weighted by molar-refractivity contribution is 6.07. The van der Waals surface area contributed by atoms with E-state index in [9.17, 15) is 14.4 Å². The van der Waals surface area contributed by atoms with Crippen LogP contribution in [0.2, 0.25) is 0 Å². The molecule has 1 aromatic carbocycles. The molecule has 1 atom stereocenters. The number of nitrogens with zero attached hydrogens (tertiary/aromatic N) is 3. The lowest BCUT2D eigenvalue weighted by atomic mass is 9.73. The maximum atomic E-state index is 13.7. The Hall–Kier alpha value is -2.81. The highest BCUT2D eigenvalue weighted by atomic mass is 16.6. The van der Waals surface area contributed by atoms with Gasteiger partial charge in [-0.15, -0.1) is 0 Å². The Balaban J connectivity index is 1.46. The molecule has 1 aromatic rings. The minimum absolute atomic E-state index is 0.00799. The van der Waals surface area contributed by atoms with Crippen molar-refractivity contribution in [3.05, 3.63) is 23.8 Å². The summed E-state index contributed by atoms with van der Waals surface area (Å²) >= 11 is 0. The number of benzene rings is 1. The summed E-state index contributed by atoms with van der Waals surface area (Å²) in [5, 5.41) is 3.11. The summed E-state index contributed by atoms with van der Waals surface area (Å²) < 4.78 is 11.2. The summed E-state index contributed by atoms with van der Waals surface area (Å²) in [6.07, 6.45) is 2.81. The van der Waals surface area contributed by atoms with Gasteiger partial charge in [-0.05, 0) is 69.8 Å². The van der Waals surface area contributed by atoms with Gasteiger partial charge in [0, 0.05) is 31.7 Å². The molecule has 4 rings (SSSR count). The molecule has 3 heterocycles. The molecule has 0 unspecified atom stereocenters. The Bertz CT molecular complexity index is 957. The predicted molar refractivity (Wildman–Crippen MR) is 132 cm³/mol. The van der Waals surface area contributed by atoms with Crippen molar-refractivity contribution in [2.45, 2.75) is 45.1 Å². The summed E-state index contributed by atoms with van der Waals surface area (Å²) in [6, 6.07) is 5.01. The molecule has 0 bridgehead atoms. The SMILES string of the molecule is CC(C)CC[C@]1(C2CCN(C(=O)c3ccc4c(c3)OCCO4)CC2)NC(=O)N(CCN(C)C)C1=O. The molecule has 4 amide bonds. The summed E-state index contributed by atoms with van der Waals surface area (Å²) in [7, 11) is 3.86. The molecule has 3 aliphatic rings. The van der Waals surface area contributed by atoms with Gasteiger partial charge in [-0.3, -0.25) is 14.5 Å². The molecule has 0 aliphatic carbocycles. The number of amides is 4. The van der Waals surface area contributed by atoms with Crippen LogP contribution in [0.1, 0.15) is 49.9 Å². The average molecular weight is 487 g/mol. The van der Waals surface area contributed by atoms with Gasteiger partial charge in [0.15, 0.2) is 11.5 Å². The molecule has 35 heavy (non-hydrogen) atoms. The zero-order valence-electron chi connectivity index (χ0n) is 21.3. The Morgan fingerprint density at radius 3 is 2.49 bits per heavy atom. The van der Waals surface area contributed by atoms with Crippen molar-refractivity contribution < 1.29 is 23.9 Å². The van der Waals surface area contributed by atoms with Gasteiger partial charge in [-0.25, -0.2) is 4.79 Å². The third-order valence-electron chi connectivity index (χ3n) is 7.36. The number of imide groups is 1. The number of rotatable bonds is 8. The lowest BCUT2D eigenvalue weighted by Gasteiger charge is -2.41. The largest absolute Gasteiger partial charge is 0.486 e. The van der Waals surface area contributed by atoms with Crippen LogP contribution in [0.15, 0.2) is 18.2 Å². The second-order valence-corrected chi connectivity index (χ2v) is 10.5. The smallest absolute Gasteiger partial charge is 0.325 e. The third kappa shape index (κ3) is 5.24. The second-order valence-electron chi connectivity index (χ2n) is 10.5. The van der Waals surface area contributed by atoms with E-state index < -0.39 is 5.54 Å². The summed E-state index contributed by atoms with van der Waals surface area (Å²) in [5.74, 6) is 1.51. The molecule has 9 heteroatoms. The van der Waals surface area contributed by atoms with Crippen LogP contribution >= 0.6 is 0 Å². The maximum absolute atomic E-state index is 13.7. The molecule has 2 fully saturated rings. The van der Waals surface area contributed by atoms with E-state index in [4.69, 9.17) is 9.47 Å². The normalized spacial score (nSPS) is 22.8. The third-order valence-corrected chi connectivity index (χ3v) is 7.36. The number of carbonyl (C=O) groups excluding carboxylic acids is 3. The van der Waals surface area contributed by atoms with E-state index in [1.165, 1.54) is 4.90 Å². The first-order chi connectivity index (χ1) is 16.7. The van der Waals surface area contributed by atoms with Crippen molar-refractivity contribution in [1.82, 2.24) is 20.0 Å². The molecule has 0 saturated carbocycles. The van der Waals surface area contributed by atoms with Crippen molar-refractivity contribution >= 4 is 17.8 Å². The fourth-order valence-electron chi connectivity index (χ4n) is 5.25. The van der Waals surface area contributed by atoms with Crippen LogP contribution in [0.5, 0.6) is 11.5 Å². The maximum Gasteiger partial charge on any atom is 0.325 e. The molecule has 192 valence electrons. The predicted octanol–water partition coefficient (Wildman–Crippen LogP) is 2.60. The van der Waals surface area contributed by atoms with E-state index in [0.29, 0.717) is 81.6 Å². The van der Waals surface area contributed by atoms with Crippen LogP contribution in [0, 0.1) is 11.8 Å². The van der Waals surface area contributed by atoms with Crippen LogP contribution < -0.4 is 14.8 Å². The standard InChI is InChI=1S/C26H38N4O5/c1-18(2)7-10-26(24(32)30(25(33)27-26)14-13-28(3)4)20-8-11-29(12-9-20)23(31)19-5-6-21-22(17-19)35-16-15-34-21/h5-6,17-18,20H,7-16H2,1-4H3,(H,27,33)/t26-/m1/s1. The Morgan fingerprint density at radius 1 is 1.14 bits per heavy atom. The number of fused-ring (bicyclic) bond motifs is 1. The molecule has 0 spiro atoms. The molecule has 1 N–H and O–H groups in total. The van der Waals surface area contributed by atoms with E-state index in [0.717, 1.165) is 6.42 Å². The van der Waals surface area contributed by atoms with Gasteiger partial charge in [0.1, 0.15) is 18.8 Å². The number of nitrogens with one attached hydrogen (secondary N) is 1. The molecule has 0 radical (unpaired) electrons. The number of urea groups is 1. The van der Waals surface area contributed by atoms with Crippen molar-refractivity contribution in [1.29, 1.82) is 0 Å². The van der Waals surface area contributed by atoms with Crippen LogP contribution in [-0.4, -0.2) is 91.6 Å². The molecule has 3 aliphatic heterocycles. The van der Waals surface area contributed by atoms with Crippen LogP contribution in [0.4, 0.5) is 4.79 Å². The monoisotopic (exact) mass is 486 g/mol. The lowest BCUT2D eigenvalue weighted by molar-refractivity contribution is -0.134. The zero-order chi connectivity index (χ0) is 25.2. The zero-order valence-corrected chi connectivity index (χ0v) is 21.3. The van der Waals surface area contributed by atoms with E-state index in [-0.39, 0.29) is 23.8 Å². The van der Waals surface area contributed by atoms with Crippen LogP contribution in [0.3, 0.4) is 0 Å². The van der Waals surface area contributed by atoms with E-state index in [1.807, 2.05) is 23.9 Å². The van der Waals surface area contributed by atoms with Gasteiger partial charge in [0.05, 0.1) is 0 Å². The summed E-state index contributed by atoms with van der Waals surface area (Å²) in [5.41, 5.74) is -0.317. The number of likely N-dealkylation sites (tertiary alicyclic amines) is 1. The Kier molecular flexibility index (Phi) is 7.54. The number of hydrogen-bond acceptors (Lipinski definition) is 6. The van der Waals surface area contributed by atoms with Gasteiger partial charge in [-0.1, -0.05) is 13.8 Å². The lowest BCUT2D eigenvalue weighted by Crippen LogP contribution is -2.56. The van der Waals surface area contributed by atoms with Gasteiger partial charge >= 0.3 is 6.03 Å². The first kappa shape index (κ1) is 25.3. The Labute approximate surface area is 207 Å². The minimum atomic E-state index is -0.889. The van der Waals surface area contributed by atoms with E-state index >= 15 is 0 Å². The average Bonchev–Trinajstić information content (AvgIpc) is 3.10. The second kappa shape index (κ2) is 10.4. The fourth-order valence-corrected chi connectivity index (χ4v) is 5.25. The van der Waals surface area contributed by atoms with Gasteiger partial charge in [0.2, 0.25) is 0 Å². The first-order valence-electron chi connectivity index (χ1n) is 12.7. The highest BCUT2D eigenvalue weighted by Crippen LogP contribution is 2.38. The summed E-state index contributed by atoms with van der Waals surface area (Å²) in [6.45, 7) is 7.34. The van der Waals surface area contributed by atoms with E-state index in [2.05, 4.69) is 19.2 Å². The van der Waals surface area contributed by atoms with Gasteiger partial charge in [0.25, 0.3) is 11.8 Å². The molecule has 2 saturated heterocycles. The highest BCUT2D eigenvalue weighted by Gasteiger charge is 2.55. The van der Waals surface area contributed by atoms with Crippen molar-refractivity contribution in [3.8, 4) is 11.5 Å². The number of carbonyl (C=O) groups is 3. The fraction of sp³-hybridized carbons (Fsp3) is 0.654. The topological polar surface area (TPSA) is 91.4 Å². The van der Waals surface area contributed by atoms with Crippen molar-refractivity contribution in [2.75, 3.05) is 53.5 Å². The molecular weight excluding hydrogens is 448 g/mol. The molecular formula is C26H38N4O5. The van der Waals surface area contributed by atoms with Crippen LogP contribution in [0.25, 0.3) is 0 Å². The number of hydrogen-bond donors (Lipinski definition) is 1. The van der Waals surface area contributed by atoms with Crippen molar-refractivity contribution in [2.24, 2.45) is 11.8 Å². The first-order valence-corrected chi connectivity index (χ1v) is 12.7. The Morgan fingerprint density at radius 2 is 1.83 bits per heavy atom. The number of piperidine rings is 1. The van der Waals surface area contributed by atoms with Crippen LogP contribution in [-0.2, 0) is 4.79 Å². The van der Waals surface area contributed by atoms with Gasteiger partial charge in [-0.2, -0.15) is 0 Å². The molecule has 9 nitrogen and oxygen atoms in total.